The summed E-state index contributed by atoms with van der Waals surface area (Å²) < 4.78 is 27.8. The van der Waals surface area contributed by atoms with Crippen LogP contribution in [0.15, 0.2) is 53.4 Å². The fraction of sp³-hybridized carbons (Fsp3) is 0.316. The number of nitrogens with two attached hydrogens (primary N) is 1. The van der Waals surface area contributed by atoms with E-state index in [1.165, 1.54) is 12.1 Å². The summed E-state index contributed by atoms with van der Waals surface area (Å²) in [5.74, 6) is 0.771. The number of sulfonamides is 1. The van der Waals surface area contributed by atoms with Gasteiger partial charge in [-0.05, 0) is 55.3 Å². The van der Waals surface area contributed by atoms with E-state index in [9.17, 15) is 13.2 Å². The zero-order valence-corrected chi connectivity index (χ0v) is 16.1. The van der Waals surface area contributed by atoms with E-state index in [1.807, 2.05) is 31.2 Å². The minimum absolute atomic E-state index is 0.0467. The lowest BCUT2D eigenvalue weighted by Crippen LogP contribution is -2.27. The van der Waals surface area contributed by atoms with E-state index in [0.717, 1.165) is 17.0 Å². The van der Waals surface area contributed by atoms with Crippen molar-refractivity contribution in [3.63, 3.8) is 0 Å². The van der Waals surface area contributed by atoms with Crippen molar-refractivity contribution < 1.29 is 17.9 Å². The fourth-order valence-corrected chi connectivity index (χ4v) is 2.95. The Morgan fingerprint density at radius 2 is 1.70 bits per heavy atom. The molecule has 27 heavy (non-hydrogen) atoms. The van der Waals surface area contributed by atoms with Gasteiger partial charge in [0.05, 0.1) is 11.5 Å². The maximum absolute atomic E-state index is 11.9. The number of carbonyl (C=O) groups is 1. The van der Waals surface area contributed by atoms with Crippen LogP contribution in [0.3, 0.4) is 0 Å². The van der Waals surface area contributed by atoms with Crippen LogP contribution in [0.2, 0.25) is 0 Å². The first kappa shape index (κ1) is 20.7. The Balaban J connectivity index is 1.66. The molecule has 0 aliphatic rings. The van der Waals surface area contributed by atoms with Crippen LogP contribution in [0.1, 0.15) is 18.9 Å². The van der Waals surface area contributed by atoms with Gasteiger partial charge in [-0.2, -0.15) is 0 Å². The van der Waals surface area contributed by atoms with Crippen LogP contribution in [-0.4, -0.2) is 34.0 Å². The predicted octanol–water partition coefficient (Wildman–Crippen LogP) is 1.89. The van der Waals surface area contributed by atoms with Crippen molar-refractivity contribution >= 4 is 21.6 Å². The van der Waals surface area contributed by atoms with Crippen LogP contribution >= 0.6 is 0 Å². The molecule has 0 bridgehead atoms. The molecule has 0 heterocycles. The first-order valence-corrected chi connectivity index (χ1v) is 10.3. The van der Waals surface area contributed by atoms with Crippen LogP contribution in [0.25, 0.3) is 0 Å². The molecular weight excluding hydrogens is 366 g/mol. The lowest BCUT2D eigenvalue weighted by molar-refractivity contribution is -0.120. The van der Waals surface area contributed by atoms with Gasteiger partial charge in [0.1, 0.15) is 5.75 Å². The molecule has 2 rings (SSSR count). The van der Waals surface area contributed by atoms with Crippen molar-refractivity contribution in [1.29, 1.82) is 0 Å². The Hall–Kier alpha value is -2.58. The number of rotatable bonds is 10. The van der Waals surface area contributed by atoms with Gasteiger partial charge in [0, 0.05) is 25.2 Å². The molecule has 2 aromatic rings. The lowest BCUT2D eigenvalue weighted by atomic mass is 10.1. The predicted molar refractivity (Wildman–Crippen MR) is 105 cm³/mol. The molecule has 0 radical (unpaired) electrons. The number of amides is 1. The lowest BCUT2D eigenvalue weighted by Gasteiger charge is -2.09. The van der Waals surface area contributed by atoms with E-state index >= 15 is 0 Å². The summed E-state index contributed by atoms with van der Waals surface area (Å²) in [4.78, 5) is 12.0. The highest BCUT2D eigenvalue weighted by atomic mass is 32.2. The summed E-state index contributed by atoms with van der Waals surface area (Å²) in [6.45, 7) is 3.58. The Morgan fingerprint density at radius 1 is 1.04 bits per heavy atom. The molecule has 0 saturated carbocycles. The second-order valence-corrected chi connectivity index (χ2v) is 7.48. The summed E-state index contributed by atoms with van der Waals surface area (Å²) in [5.41, 5.74) is 1.86. The fourth-order valence-electron chi connectivity index (χ4n) is 2.44. The Kier molecular flexibility index (Phi) is 7.63. The van der Waals surface area contributed by atoms with Crippen molar-refractivity contribution in [2.24, 2.45) is 5.14 Å². The number of hydrogen-bond acceptors (Lipinski definition) is 5. The van der Waals surface area contributed by atoms with Gasteiger partial charge in [-0.1, -0.05) is 12.1 Å². The average Bonchev–Trinajstić information content (AvgIpc) is 2.63. The van der Waals surface area contributed by atoms with Gasteiger partial charge in [-0.25, -0.2) is 13.6 Å². The smallest absolute Gasteiger partial charge is 0.238 e. The third-order valence-electron chi connectivity index (χ3n) is 3.83. The maximum atomic E-state index is 11.9. The second-order valence-electron chi connectivity index (χ2n) is 5.92. The first-order valence-electron chi connectivity index (χ1n) is 8.73. The normalized spacial score (nSPS) is 11.0. The SMILES string of the molecule is CCOc1ccc(NCCC(=O)NCCc2ccc(S(N)(=O)=O)cc2)cc1. The number of benzene rings is 2. The molecule has 146 valence electrons. The van der Waals surface area contributed by atoms with E-state index < -0.39 is 10.0 Å². The summed E-state index contributed by atoms with van der Waals surface area (Å²) >= 11 is 0. The molecule has 0 spiro atoms. The third kappa shape index (κ3) is 7.28. The van der Waals surface area contributed by atoms with Gasteiger partial charge < -0.3 is 15.4 Å². The van der Waals surface area contributed by atoms with E-state index in [0.29, 0.717) is 32.5 Å². The van der Waals surface area contributed by atoms with Crippen LogP contribution in [0, 0.1) is 0 Å². The molecule has 4 N–H and O–H groups in total. The van der Waals surface area contributed by atoms with Crippen molar-refractivity contribution in [3.8, 4) is 5.75 Å². The van der Waals surface area contributed by atoms with E-state index in [1.54, 1.807) is 12.1 Å². The monoisotopic (exact) mass is 391 g/mol. The molecule has 8 heteroatoms. The highest BCUT2D eigenvalue weighted by molar-refractivity contribution is 7.89. The van der Waals surface area contributed by atoms with Crippen LogP contribution < -0.4 is 20.5 Å². The Bertz CT molecular complexity index is 834. The number of nitrogens with one attached hydrogen (secondary N) is 2. The summed E-state index contributed by atoms with van der Waals surface area (Å²) in [6.07, 6.45) is 0.973. The largest absolute Gasteiger partial charge is 0.494 e. The zero-order valence-electron chi connectivity index (χ0n) is 15.3. The van der Waals surface area contributed by atoms with Crippen molar-refractivity contribution in [3.05, 3.63) is 54.1 Å². The quantitative estimate of drug-likeness (QED) is 0.573. The third-order valence-corrected chi connectivity index (χ3v) is 4.76. The van der Waals surface area contributed by atoms with E-state index in [2.05, 4.69) is 10.6 Å². The van der Waals surface area contributed by atoms with Gasteiger partial charge in [0.2, 0.25) is 15.9 Å². The van der Waals surface area contributed by atoms with Gasteiger partial charge in [0.25, 0.3) is 0 Å². The molecule has 0 aromatic heterocycles. The van der Waals surface area contributed by atoms with Crippen LogP contribution in [-0.2, 0) is 21.2 Å². The van der Waals surface area contributed by atoms with Gasteiger partial charge in [-0.15, -0.1) is 0 Å². The molecule has 0 saturated heterocycles. The topological polar surface area (TPSA) is 111 Å². The molecule has 0 atom stereocenters. The molecule has 0 aliphatic heterocycles. The zero-order chi connectivity index (χ0) is 19.7. The van der Waals surface area contributed by atoms with Crippen molar-refractivity contribution in [2.45, 2.75) is 24.7 Å². The number of primary sulfonamides is 1. The van der Waals surface area contributed by atoms with Gasteiger partial charge in [0.15, 0.2) is 0 Å². The molecule has 1 amide bonds. The van der Waals surface area contributed by atoms with Crippen molar-refractivity contribution in [2.75, 3.05) is 25.0 Å². The molecular formula is C19H25N3O4S. The molecule has 2 aromatic carbocycles. The molecule has 0 fully saturated rings. The summed E-state index contributed by atoms with van der Waals surface area (Å²) in [7, 11) is -3.68. The highest BCUT2D eigenvalue weighted by Crippen LogP contribution is 2.15. The maximum Gasteiger partial charge on any atom is 0.238 e. The van der Waals surface area contributed by atoms with Crippen molar-refractivity contribution in [1.82, 2.24) is 5.32 Å². The second kappa shape index (κ2) is 9.94. The molecule has 7 nitrogen and oxygen atoms in total. The Morgan fingerprint density at radius 3 is 2.30 bits per heavy atom. The van der Waals surface area contributed by atoms with E-state index in [-0.39, 0.29) is 10.8 Å². The number of ether oxygens (including phenoxy) is 1. The Labute approximate surface area is 160 Å². The number of carbonyl (C=O) groups excluding carboxylic acids is 1. The van der Waals surface area contributed by atoms with Gasteiger partial charge >= 0.3 is 0 Å². The number of anilines is 1. The average molecular weight is 391 g/mol. The van der Waals surface area contributed by atoms with Crippen LogP contribution in [0.5, 0.6) is 5.75 Å². The van der Waals surface area contributed by atoms with E-state index in [4.69, 9.17) is 9.88 Å². The summed E-state index contributed by atoms with van der Waals surface area (Å²) in [5, 5.41) is 11.1. The molecule has 0 aliphatic carbocycles. The van der Waals surface area contributed by atoms with Crippen LogP contribution in [0.4, 0.5) is 5.69 Å². The molecule has 0 unspecified atom stereocenters. The number of hydrogen-bond donors (Lipinski definition) is 3. The first-order chi connectivity index (χ1) is 12.9. The summed E-state index contributed by atoms with van der Waals surface area (Å²) in [6, 6.07) is 13.9. The minimum atomic E-state index is -3.68. The minimum Gasteiger partial charge on any atom is -0.494 e. The van der Waals surface area contributed by atoms with Gasteiger partial charge in [-0.3, -0.25) is 4.79 Å². The standard InChI is InChI=1S/C19H25N3O4S/c1-2-26-17-7-5-16(6-8-17)21-14-12-19(23)22-13-11-15-3-9-18(10-4-15)27(20,24)25/h3-10,21H,2,11-14H2,1H3,(H,22,23)(H2,20,24,25). The highest BCUT2D eigenvalue weighted by Gasteiger charge is 2.07.